The topological polar surface area (TPSA) is 74.6 Å². The van der Waals surface area contributed by atoms with Crippen LogP contribution in [0.4, 0.5) is 0 Å². The van der Waals surface area contributed by atoms with Crippen LogP contribution >= 0.6 is 23.4 Å². The van der Waals surface area contributed by atoms with Crippen LogP contribution in [0, 0.1) is 5.92 Å². The highest BCUT2D eigenvalue weighted by Gasteiger charge is 2.47. The van der Waals surface area contributed by atoms with Gasteiger partial charge < -0.3 is 10.2 Å². The molecule has 0 radical (unpaired) electrons. The molecular weight excluding hydrogens is 312 g/mol. The Kier molecular flexibility index (Phi) is 4.44. The van der Waals surface area contributed by atoms with Gasteiger partial charge in [-0.15, -0.1) is 11.8 Å². The number of aliphatic carboxylic acids is 2. The lowest BCUT2D eigenvalue weighted by Crippen LogP contribution is -2.43. The summed E-state index contributed by atoms with van der Waals surface area (Å²) in [5.41, 5.74) is 0.0846. The Balaban J connectivity index is 2.41. The highest BCUT2D eigenvalue weighted by atomic mass is 35.5. The lowest BCUT2D eigenvalue weighted by atomic mass is 9.82. The maximum atomic E-state index is 11.8. The van der Waals surface area contributed by atoms with E-state index < -0.39 is 22.6 Å². The molecule has 2 N–H and O–H groups in total. The van der Waals surface area contributed by atoms with Gasteiger partial charge >= 0.3 is 11.9 Å². The van der Waals surface area contributed by atoms with Crippen molar-refractivity contribution in [1.82, 2.24) is 0 Å². The Morgan fingerprint density at radius 1 is 1.24 bits per heavy atom. The minimum absolute atomic E-state index is 0.0846. The van der Waals surface area contributed by atoms with E-state index in [1.165, 1.54) is 18.2 Å². The number of rotatable bonds is 4. The summed E-state index contributed by atoms with van der Waals surface area (Å²) in [5, 5.41) is 19.4. The predicted octanol–water partition coefficient (Wildman–Crippen LogP) is 3.47. The molecule has 0 aromatic heterocycles. The SMILES string of the molecule is CC1C(C(=O)O)=CC=CC1(Sc1ccc(Cl)cc1)C(=O)O. The van der Waals surface area contributed by atoms with Gasteiger partial charge in [0.15, 0.2) is 0 Å². The Morgan fingerprint density at radius 3 is 2.38 bits per heavy atom. The van der Waals surface area contributed by atoms with Gasteiger partial charge in [0.05, 0.1) is 0 Å². The third-order valence-corrected chi connectivity index (χ3v) is 5.17. The maximum Gasteiger partial charge on any atom is 0.331 e. The fourth-order valence-corrected chi connectivity index (χ4v) is 3.52. The molecule has 1 aromatic rings. The van der Waals surface area contributed by atoms with Crippen molar-refractivity contribution < 1.29 is 19.8 Å². The van der Waals surface area contributed by atoms with Crippen LogP contribution in [0.5, 0.6) is 0 Å². The molecule has 0 saturated heterocycles. The summed E-state index contributed by atoms with van der Waals surface area (Å²) in [6.45, 7) is 1.61. The molecule has 1 aliphatic rings. The lowest BCUT2D eigenvalue weighted by molar-refractivity contribution is -0.139. The second-order valence-electron chi connectivity index (χ2n) is 4.66. The lowest BCUT2D eigenvalue weighted by Gasteiger charge is -2.34. The van der Waals surface area contributed by atoms with Crippen molar-refractivity contribution in [2.24, 2.45) is 5.92 Å². The number of halogens is 1. The molecule has 4 nitrogen and oxygen atoms in total. The van der Waals surface area contributed by atoms with Gasteiger partial charge in [-0.25, -0.2) is 4.79 Å². The first-order valence-corrected chi connectivity index (χ1v) is 7.37. The van der Waals surface area contributed by atoms with Gasteiger partial charge in [0.1, 0.15) is 4.75 Å². The first-order valence-electron chi connectivity index (χ1n) is 6.17. The average molecular weight is 325 g/mol. The number of benzene rings is 1. The molecule has 1 aliphatic carbocycles. The van der Waals surface area contributed by atoms with Gasteiger partial charge in [0.25, 0.3) is 0 Å². The fraction of sp³-hybridized carbons (Fsp3) is 0.200. The van der Waals surface area contributed by atoms with Crippen LogP contribution < -0.4 is 0 Å². The molecule has 2 atom stereocenters. The molecule has 0 heterocycles. The summed E-state index contributed by atoms with van der Waals surface area (Å²) in [6, 6.07) is 6.78. The number of carboxylic acid groups (broad SMARTS) is 2. The Bertz CT molecular complexity index is 636. The quantitative estimate of drug-likeness (QED) is 0.887. The van der Waals surface area contributed by atoms with Crippen LogP contribution in [0.1, 0.15) is 6.92 Å². The molecule has 0 saturated carbocycles. The van der Waals surface area contributed by atoms with Crippen LogP contribution in [-0.2, 0) is 9.59 Å². The van der Waals surface area contributed by atoms with Gasteiger partial charge in [-0.05, 0) is 24.3 Å². The second-order valence-corrected chi connectivity index (χ2v) is 6.45. The molecule has 2 rings (SSSR count). The van der Waals surface area contributed by atoms with Crippen LogP contribution in [0.3, 0.4) is 0 Å². The van der Waals surface area contributed by atoms with Crippen LogP contribution in [0.2, 0.25) is 5.02 Å². The minimum atomic E-state index is -1.35. The van der Waals surface area contributed by atoms with E-state index in [1.54, 1.807) is 31.2 Å². The van der Waals surface area contributed by atoms with E-state index in [1.807, 2.05) is 0 Å². The molecule has 0 aliphatic heterocycles. The van der Waals surface area contributed by atoms with Crippen LogP contribution in [0.25, 0.3) is 0 Å². The van der Waals surface area contributed by atoms with Gasteiger partial charge in [0.2, 0.25) is 0 Å². The van der Waals surface area contributed by atoms with Crippen LogP contribution in [-0.4, -0.2) is 26.9 Å². The highest BCUT2D eigenvalue weighted by molar-refractivity contribution is 8.01. The third-order valence-electron chi connectivity index (χ3n) is 3.41. The van der Waals surface area contributed by atoms with Crippen molar-refractivity contribution in [3.8, 4) is 0 Å². The van der Waals surface area contributed by atoms with E-state index in [0.717, 1.165) is 11.8 Å². The van der Waals surface area contributed by atoms with Crippen molar-refractivity contribution >= 4 is 35.3 Å². The number of allylic oxidation sites excluding steroid dienone is 2. The molecule has 21 heavy (non-hydrogen) atoms. The maximum absolute atomic E-state index is 11.8. The smallest absolute Gasteiger partial charge is 0.331 e. The van der Waals surface area contributed by atoms with Gasteiger partial charge in [-0.3, -0.25) is 4.79 Å². The summed E-state index contributed by atoms with van der Waals surface area (Å²) in [7, 11) is 0. The van der Waals surface area contributed by atoms with Gasteiger partial charge in [-0.2, -0.15) is 0 Å². The van der Waals surface area contributed by atoms with E-state index >= 15 is 0 Å². The predicted molar refractivity (Wildman–Crippen MR) is 81.7 cm³/mol. The summed E-state index contributed by atoms with van der Waals surface area (Å²) in [4.78, 5) is 23.8. The number of thioether (sulfide) groups is 1. The first-order chi connectivity index (χ1) is 9.86. The van der Waals surface area contributed by atoms with E-state index in [-0.39, 0.29) is 5.57 Å². The van der Waals surface area contributed by atoms with Crippen molar-refractivity contribution in [2.45, 2.75) is 16.6 Å². The third kappa shape index (κ3) is 2.99. The number of carboxylic acids is 2. The van der Waals surface area contributed by atoms with Gasteiger partial charge in [0, 0.05) is 21.4 Å². The largest absolute Gasteiger partial charge is 0.480 e. The number of carbonyl (C=O) groups is 2. The zero-order chi connectivity index (χ0) is 15.6. The Hall–Kier alpha value is -1.72. The van der Waals surface area contributed by atoms with E-state index in [2.05, 4.69) is 0 Å². The molecule has 6 heteroatoms. The Labute approximate surface area is 131 Å². The fourth-order valence-electron chi connectivity index (χ4n) is 2.19. The second kappa shape index (κ2) is 5.95. The number of hydrogen-bond acceptors (Lipinski definition) is 3. The standard InChI is InChI=1S/C15H13ClO4S/c1-9-12(13(17)18)3-2-8-15(9,14(19)20)21-11-6-4-10(16)5-7-11/h2-9H,1H3,(H,17,18)(H,19,20). The summed E-state index contributed by atoms with van der Waals surface area (Å²) < 4.78 is -1.35. The minimum Gasteiger partial charge on any atom is -0.480 e. The molecular formula is C15H13ClO4S. The Morgan fingerprint density at radius 2 is 1.86 bits per heavy atom. The molecule has 0 spiro atoms. The monoisotopic (exact) mass is 324 g/mol. The average Bonchev–Trinajstić information content (AvgIpc) is 2.43. The summed E-state index contributed by atoms with van der Waals surface area (Å²) >= 11 is 6.93. The summed E-state index contributed by atoms with van der Waals surface area (Å²) in [6.07, 6.45) is 4.46. The molecule has 0 fully saturated rings. The van der Waals surface area contributed by atoms with Crippen molar-refractivity contribution in [3.63, 3.8) is 0 Å². The molecule has 0 bridgehead atoms. The summed E-state index contributed by atoms with van der Waals surface area (Å²) in [5.74, 6) is -2.84. The normalized spacial score (nSPS) is 24.5. The zero-order valence-corrected chi connectivity index (χ0v) is 12.7. The first kappa shape index (κ1) is 15.7. The molecule has 1 aromatic carbocycles. The highest BCUT2D eigenvalue weighted by Crippen LogP contribution is 2.45. The van der Waals surface area contributed by atoms with Crippen molar-refractivity contribution in [1.29, 1.82) is 0 Å². The number of hydrogen-bond donors (Lipinski definition) is 2. The van der Waals surface area contributed by atoms with Crippen LogP contribution in [0.15, 0.2) is 53.0 Å². The van der Waals surface area contributed by atoms with E-state index in [4.69, 9.17) is 11.6 Å². The van der Waals surface area contributed by atoms with Gasteiger partial charge in [-0.1, -0.05) is 36.8 Å². The zero-order valence-electron chi connectivity index (χ0n) is 11.1. The molecule has 110 valence electrons. The van der Waals surface area contributed by atoms with Crippen molar-refractivity contribution in [3.05, 3.63) is 53.1 Å². The van der Waals surface area contributed by atoms with E-state index in [9.17, 15) is 19.8 Å². The molecule has 0 amide bonds. The van der Waals surface area contributed by atoms with Crippen molar-refractivity contribution in [2.75, 3.05) is 0 Å². The molecule has 2 unspecified atom stereocenters. The van der Waals surface area contributed by atoms with E-state index in [0.29, 0.717) is 9.92 Å².